The summed E-state index contributed by atoms with van der Waals surface area (Å²) in [6.07, 6.45) is 2.23. The van der Waals surface area contributed by atoms with Crippen molar-refractivity contribution in [2.45, 2.75) is 25.4 Å². The number of halogens is 5. The molecule has 1 aromatic heterocycles. The molecule has 1 heterocycles. The van der Waals surface area contributed by atoms with Gasteiger partial charge in [0.1, 0.15) is 17.3 Å². The highest BCUT2D eigenvalue weighted by Gasteiger charge is 2.46. The van der Waals surface area contributed by atoms with Crippen molar-refractivity contribution in [3.63, 3.8) is 0 Å². The van der Waals surface area contributed by atoms with Crippen LogP contribution in [0.5, 0.6) is 11.5 Å². The number of nitrogens with one attached hydrogen (secondary N) is 1. The zero-order chi connectivity index (χ0) is 33.2. The van der Waals surface area contributed by atoms with E-state index in [0.717, 1.165) is 28.8 Å². The van der Waals surface area contributed by atoms with Gasteiger partial charge >= 0.3 is 21.5 Å². The lowest BCUT2D eigenvalue weighted by Gasteiger charge is -2.16. The molecular formula is C32H24Cl2F3N3O5S. The van der Waals surface area contributed by atoms with Crippen LogP contribution in [0.15, 0.2) is 91.1 Å². The molecule has 5 rings (SSSR count). The highest BCUT2D eigenvalue weighted by Crippen LogP contribution is 2.35. The van der Waals surface area contributed by atoms with Crippen molar-refractivity contribution in [1.29, 1.82) is 0 Å². The summed E-state index contributed by atoms with van der Waals surface area (Å²) in [4.78, 5) is 16.5. The van der Waals surface area contributed by atoms with E-state index in [2.05, 4.69) is 0 Å². The van der Waals surface area contributed by atoms with E-state index in [4.69, 9.17) is 32.9 Å². The van der Waals surface area contributed by atoms with Gasteiger partial charge in [0.2, 0.25) is 0 Å². The minimum Gasteiger partial charge on any atom is -0.478 e. The molecule has 0 aliphatic heterocycles. The van der Waals surface area contributed by atoms with E-state index < -0.39 is 32.8 Å². The first kappa shape index (κ1) is 32.9. The Kier molecular flexibility index (Phi) is 9.34. The van der Waals surface area contributed by atoms with Crippen molar-refractivity contribution in [1.82, 2.24) is 9.55 Å². The summed E-state index contributed by atoms with van der Waals surface area (Å²) in [5, 5.41) is 10.4. The molecule has 0 atom stereocenters. The second-order valence-electron chi connectivity index (χ2n) is 9.98. The lowest BCUT2D eigenvalue weighted by atomic mass is 9.97. The Morgan fingerprint density at radius 2 is 1.63 bits per heavy atom. The standard InChI is InChI=1S/C32H24Cl2F3N3O5S/c1-2-40-18-29(25-11-8-21(33)16-27(25)34)38-30(40)15-20-14-22(9-12-24(20)19-6-4-3-5-7-19)45-23-10-13-26(31(41)42)28(17-23)39-46(43,44)32(35,36)37/h3-14,16-18,39H,2,15H2,1H3,(H,41,42). The second kappa shape index (κ2) is 13.1. The van der Waals surface area contributed by atoms with Crippen LogP contribution >= 0.6 is 23.2 Å². The van der Waals surface area contributed by atoms with E-state index in [1.54, 1.807) is 30.3 Å². The number of carboxylic acid groups (broad SMARTS) is 1. The number of hydrogen-bond acceptors (Lipinski definition) is 5. The van der Waals surface area contributed by atoms with E-state index >= 15 is 0 Å². The quantitative estimate of drug-likeness (QED) is 0.152. The monoisotopic (exact) mass is 689 g/mol. The molecule has 0 unspecified atom stereocenters. The van der Waals surface area contributed by atoms with Crippen molar-refractivity contribution in [3.8, 4) is 33.9 Å². The number of sulfonamides is 1. The van der Waals surface area contributed by atoms with Gasteiger partial charge in [0, 0.05) is 35.8 Å². The van der Waals surface area contributed by atoms with Crippen LogP contribution in [0.1, 0.15) is 28.7 Å². The number of imidazole rings is 1. The molecule has 4 aromatic carbocycles. The summed E-state index contributed by atoms with van der Waals surface area (Å²) in [6.45, 7) is 2.58. The van der Waals surface area contributed by atoms with Crippen molar-refractivity contribution in [3.05, 3.63) is 118 Å². The molecule has 0 saturated heterocycles. The first-order valence-corrected chi connectivity index (χ1v) is 15.8. The Labute approximate surface area is 272 Å². The van der Waals surface area contributed by atoms with Crippen molar-refractivity contribution in [2.24, 2.45) is 0 Å². The highest BCUT2D eigenvalue weighted by atomic mass is 35.5. The zero-order valence-electron chi connectivity index (χ0n) is 23.8. The van der Waals surface area contributed by atoms with Gasteiger partial charge < -0.3 is 14.4 Å². The number of aromatic nitrogens is 2. The van der Waals surface area contributed by atoms with Gasteiger partial charge in [0.05, 0.1) is 22.0 Å². The van der Waals surface area contributed by atoms with Crippen LogP contribution in [0.2, 0.25) is 10.0 Å². The number of aryl methyl sites for hydroxylation is 1. The summed E-state index contributed by atoms with van der Waals surface area (Å²) in [6, 6.07) is 22.9. The van der Waals surface area contributed by atoms with Gasteiger partial charge in [0.25, 0.3) is 0 Å². The molecule has 0 aliphatic carbocycles. The Hall–Kier alpha value is -4.52. The van der Waals surface area contributed by atoms with Gasteiger partial charge in [0.15, 0.2) is 0 Å². The third-order valence-corrected chi connectivity index (χ3v) is 8.57. The first-order chi connectivity index (χ1) is 21.8. The van der Waals surface area contributed by atoms with Crippen LogP contribution in [0.4, 0.5) is 18.9 Å². The fourth-order valence-electron chi connectivity index (χ4n) is 4.74. The van der Waals surface area contributed by atoms with Crippen LogP contribution < -0.4 is 9.46 Å². The van der Waals surface area contributed by atoms with Gasteiger partial charge in [-0.25, -0.2) is 9.78 Å². The molecule has 0 amide bonds. The largest absolute Gasteiger partial charge is 0.516 e. The second-order valence-corrected chi connectivity index (χ2v) is 12.5. The molecule has 0 aliphatic rings. The summed E-state index contributed by atoms with van der Waals surface area (Å²) in [5.74, 6) is -0.755. The van der Waals surface area contributed by atoms with Crippen LogP contribution in [0.25, 0.3) is 22.4 Å². The SMILES string of the molecule is CCn1cc(-c2ccc(Cl)cc2Cl)nc1Cc1cc(Oc2ccc(C(=O)O)c(NS(=O)(=O)C(F)(F)F)c2)ccc1-c1ccccc1. The molecule has 8 nitrogen and oxygen atoms in total. The summed E-state index contributed by atoms with van der Waals surface area (Å²) in [7, 11) is -5.90. The maximum Gasteiger partial charge on any atom is 0.516 e. The van der Waals surface area contributed by atoms with Crippen molar-refractivity contribution < 1.29 is 36.2 Å². The van der Waals surface area contributed by atoms with Gasteiger partial charge in [-0.3, -0.25) is 4.72 Å². The first-order valence-electron chi connectivity index (χ1n) is 13.6. The fourth-order valence-corrected chi connectivity index (χ4v) is 5.82. The number of carboxylic acids is 1. The molecule has 0 bridgehead atoms. The maximum atomic E-state index is 13.0. The molecule has 46 heavy (non-hydrogen) atoms. The lowest BCUT2D eigenvalue weighted by molar-refractivity contribution is -0.0429. The molecule has 238 valence electrons. The lowest BCUT2D eigenvalue weighted by Crippen LogP contribution is -2.30. The Morgan fingerprint density at radius 3 is 2.28 bits per heavy atom. The number of alkyl halides is 3. The van der Waals surface area contributed by atoms with Crippen LogP contribution in [-0.2, 0) is 23.0 Å². The van der Waals surface area contributed by atoms with Crippen LogP contribution in [0.3, 0.4) is 0 Å². The Morgan fingerprint density at radius 1 is 0.957 bits per heavy atom. The minimum atomic E-state index is -5.90. The number of hydrogen-bond donors (Lipinski definition) is 2. The summed E-state index contributed by atoms with van der Waals surface area (Å²) in [5.41, 5.74) is -3.23. The number of benzene rings is 4. The zero-order valence-corrected chi connectivity index (χ0v) is 26.2. The maximum absolute atomic E-state index is 13.0. The van der Waals surface area contributed by atoms with E-state index in [-0.39, 0.29) is 11.5 Å². The van der Waals surface area contributed by atoms with E-state index in [1.165, 1.54) is 10.8 Å². The average molecular weight is 691 g/mol. The molecular weight excluding hydrogens is 666 g/mol. The molecule has 5 aromatic rings. The Bertz CT molecular complexity index is 2040. The summed E-state index contributed by atoms with van der Waals surface area (Å²) >= 11 is 12.5. The highest BCUT2D eigenvalue weighted by molar-refractivity contribution is 7.93. The molecule has 0 radical (unpaired) electrons. The topological polar surface area (TPSA) is 111 Å². The van der Waals surface area contributed by atoms with Gasteiger partial charge in [-0.1, -0.05) is 59.6 Å². The van der Waals surface area contributed by atoms with E-state index in [9.17, 15) is 31.5 Å². The van der Waals surface area contributed by atoms with Crippen LogP contribution in [-0.4, -0.2) is 34.6 Å². The number of carbonyl (C=O) groups is 1. The predicted octanol–water partition coefficient (Wildman–Crippen LogP) is 8.89. The van der Waals surface area contributed by atoms with E-state index in [1.807, 2.05) is 54.1 Å². The molecule has 2 N–H and O–H groups in total. The molecule has 0 saturated carbocycles. The van der Waals surface area contributed by atoms with Crippen molar-refractivity contribution in [2.75, 3.05) is 4.72 Å². The number of anilines is 1. The Balaban J connectivity index is 1.53. The number of rotatable bonds is 10. The number of nitrogens with zero attached hydrogens (tertiary/aromatic N) is 2. The molecule has 14 heteroatoms. The molecule has 0 fully saturated rings. The van der Waals surface area contributed by atoms with E-state index in [0.29, 0.717) is 40.1 Å². The molecule has 0 spiro atoms. The predicted molar refractivity (Wildman–Crippen MR) is 170 cm³/mol. The summed E-state index contributed by atoms with van der Waals surface area (Å²) < 4.78 is 71.8. The third kappa shape index (κ3) is 7.14. The normalized spacial score (nSPS) is 11.8. The third-order valence-electron chi connectivity index (χ3n) is 6.92. The fraction of sp³-hybridized carbons (Fsp3) is 0.125. The number of ether oxygens (including phenoxy) is 1. The van der Waals surface area contributed by atoms with Gasteiger partial charge in [-0.15, -0.1) is 0 Å². The minimum absolute atomic E-state index is 0.0991. The average Bonchev–Trinajstić information content (AvgIpc) is 3.39. The smallest absolute Gasteiger partial charge is 0.478 e. The number of aromatic carboxylic acids is 1. The van der Waals surface area contributed by atoms with Crippen LogP contribution in [0, 0.1) is 0 Å². The van der Waals surface area contributed by atoms with Gasteiger partial charge in [-0.05, 0) is 66.1 Å². The van der Waals surface area contributed by atoms with Gasteiger partial charge in [-0.2, -0.15) is 21.6 Å². The van der Waals surface area contributed by atoms with Crippen molar-refractivity contribution >= 4 is 44.9 Å².